The maximum absolute atomic E-state index is 12.5. The van der Waals surface area contributed by atoms with Crippen molar-refractivity contribution in [3.63, 3.8) is 0 Å². The van der Waals surface area contributed by atoms with Gasteiger partial charge in [0.2, 0.25) is 17.7 Å². The van der Waals surface area contributed by atoms with Gasteiger partial charge in [-0.25, -0.2) is 4.79 Å². The minimum Gasteiger partial charge on any atom is -0.508 e. The number of aromatic hydroxyl groups is 1. The number of aliphatic hydroxyl groups is 1. The summed E-state index contributed by atoms with van der Waals surface area (Å²) in [6.07, 6.45) is -1.89. The third-order valence-electron chi connectivity index (χ3n) is 3.81. The zero-order chi connectivity index (χ0) is 21.4. The largest absolute Gasteiger partial charge is 0.508 e. The molecule has 0 aliphatic heterocycles. The number of carbonyl (C=O) groups is 4. The van der Waals surface area contributed by atoms with E-state index in [-0.39, 0.29) is 12.2 Å². The van der Waals surface area contributed by atoms with E-state index in [2.05, 4.69) is 10.6 Å². The van der Waals surface area contributed by atoms with Gasteiger partial charge in [-0.05, 0) is 24.6 Å². The molecule has 3 amide bonds. The van der Waals surface area contributed by atoms with Gasteiger partial charge in [-0.2, -0.15) is 0 Å². The molecule has 0 aromatic heterocycles. The molecule has 1 rings (SSSR count). The van der Waals surface area contributed by atoms with Gasteiger partial charge in [-0.1, -0.05) is 12.1 Å². The van der Waals surface area contributed by atoms with Crippen LogP contribution in [-0.4, -0.2) is 63.2 Å². The van der Waals surface area contributed by atoms with Crippen LogP contribution in [0, 0.1) is 0 Å². The number of hydrogen-bond acceptors (Lipinski definition) is 7. The van der Waals surface area contributed by atoms with Gasteiger partial charge in [0.1, 0.15) is 11.8 Å². The molecule has 154 valence electrons. The van der Waals surface area contributed by atoms with Crippen LogP contribution in [0.1, 0.15) is 18.9 Å². The number of carboxylic acid groups (broad SMARTS) is 1. The van der Waals surface area contributed by atoms with E-state index < -0.39 is 54.3 Å². The Morgan fingerprint density at radius 1 is 1.07 bits per heavy atom. The summed E-state index contributed by atoms with van der Waals surface area (Å²) in [4.78, 5) is 46.8. The summed E-state index contributed by atoms with van der Waals surface area (Å²) in [5, 5.41) is 32.5. The fourth-order valence-electron chi connectivity index (χ4n) is 2.31. The maximum Gasteiger partial charge on any atom is 0.328 e. The highest BCUT2D eigenvalue weighted by Crippen LogP contribution is 2.12. The van der Waals surface area contributed by atoms with Crippen LogP contribution >= 0.6 is 0 Å². The molecular weight excluding hydrogens is 372 g/mol. The molecule has 1 aromatic carbocycles. The number of aliphatic carboxylic acids is 1. The smallest absolute Gasteiger partial charge is 0.328 e. The molecule has 11 heteroatoms. The number of hydrogen-bond donors (Lipinski definition) is 7. The van der Waals surface area contributed by atoms with Crippen molar-refractivity contribution < 1.29 is 34.5 Å². The van der Waals surface area contributed by atoms with Crippen LogP contribution in [0.4, 0.5) is 0 Å². The number of nitrogens with one attached hydrogen (secondary N) is 2. The van der Waals surface area contributed by atoms with Crippen molar-refractivity contribution in [1.29, 1.82) is 0 Å². The molecule has 9 N–H and O–H groups in total. The molecule has 0 radical (unpaired) electrons. The lowest BCUT2D eigenvalue weighted by Gasteiger charge is -2.24. The molecule has 11 nitrogen and oxygen atoms in total. The van der Waals surface area contributed by atoms with E-state index in [0.29, 0.717) is 5.56 Å². The highest BCUT2D eigenvalue weighted by molar-refractivity contribution is 5.93. The van der Waals surface area contributed by atoms with Crippen LogP contribution in [0.3, 0.4) is 0 Å². The molecule has 1 aromatic rings. The first kappa shape index (κ1) is 22.9. The summed E-state index contributed by atoms with van der Waals surface area (Å²) in [6, 6.07) is 1.63. The first-order valence-corrected chi connectivity index (χ1v) is 8.34. The van der Waals surface area contributed by atoms with E-state index in [1.165, 1.54) is 31.2 Å². The fourth-order valence-corrected chi connectivity index (χ4v) is 2.31. The Morgan fingerprint density at radius 2 is 1.64 bits per heavy atom. The Bertz CT molecular complexity index is 721. The topological polar surface area (TPSA) is 205 Å². The van der Waals surface area contributed by atoms with Crippen LogP contribution in [0.25, 0.3) is 0 Å². The molecule has 0 saturated carbocycles. The van der Waals surface area contributed by atoms with Gasteiger partial charge in [0.15, 0.2) is 6.04 Å². The van der Waals surface area contributed by atoms with Gasteiger partial charge in [-0.3, -0.25) is 14.4 Å². The molecule has 28 heavy (non-hydrogen) atoms. The Hall–Kier alpha value is -3.18. The minimum atomic E-state index is -1.59. The number of aliphatic hydroxyl groups excluding tert-OH is 1. The summed E-state index contributed by atoms with van der Waals surface area (Å²) in [6.45, 7) is 1.19. The number of amides is 3. The number of phenolic OH excluding ortho intramolecular Hbond substituents is 1. The molecule has 0 fully saturated rings. The van der Waals surface area contributed by atoms with Crippen LogP contribution in [0.15, 0.2) is 24.3 Å². The average molecular weight is 396 g/mol. The average Bonchev–Trinajstić information content (AvgIpc) is 2.59. The Kier molecular flexibility index (Phi) is 8.35. The van der Waals surface area contributed by atoms with Crippen molar-refractivity contribution in [2.24, 2.45) is 11.5 Å². The molecule has 0 aliphatic rings. The van der Waals surface area contributed by atoms with Gasteiger partial charge >= 0.3 is 5.97 Å². The quantitative estimate of drug-likeness (QED) is 0.226. The lowest BCUT2D eigenvalue weighted by molar-refractivity contribution is -0.145. The fraction of sp³-hybridized carbons (Fsp3) is 0.412. The standard InChI is InChI=1S/C17H24N4O7/c1-8(22)14(17(27)28)21-16(26)12(6-9-2-4-10(23)5-3-9)20-15(25)11(18)7-13(19)24/h2-5,8,11-12,14,22-23H,6-7,18H2,1H3,(H2,19,24)(H,20,25)(H,21,26)(H,27,28). The number of carboxylic acids is 1. The van der Waals surface area contributed by atoms with Gasteiger partial charge in [0, 0.05) is 6.42 Å². The van der Waals surface area contributed by atoms with Crippen molar-refractivity contribution >= 4 is 23.7 Å². The van der Waals surface area contributed by atoms with Crippen molar-refractivity contribution in [1.82, 2.24) is 10.6 Å². The Balaban J connectivity index is 3.00. The van der Waals surface area contributed by atoms with E-state index in [1.807, 2.05) is 0 Å². The summed E-state index contributed by atoms with van der Waals surface area (Å²) in [7, 11) is 0. The predicted molar refractivity (Wildman–Crippen MR) is 96.8 cm³/mol. The van der Waals surface area contributed by atoms with Crippen LogP contribution in [-0.2, 0) is 25.6 Å². The lowest BCUT2D eigenvalue weighted by Crippen LogP contribution is -2.57. The Labute approximate surface area is 160 Å². The number of primary amides is 1. The first-order valence-electron chi connectivity index (χ1n) is 8.34. The normalized spacial score (nSPS) is 15.0. The van der Waals surface area contributed by atoms with Crippen LogP contribution < -0.4 is 22.1 Å². The molecule has 4 unspecified atom stereocenters. The van der Waals surface area contributed by atoms with Gasteiger partial charge in [-0.15, -0.1) is 0 Å². The SMILES string of the molecule is CC(O)C(NC(=O)C(Cc1ccc(O)cc1)NC(=O)C(N)CC(N)=O)C(=O)O. The minimum absolute atomic E-state index is 0.00249. The molecule has 0 heterocycles. The third kappa shape index (κ3) is 7.21. The van der Waals surface area contributed by atoms with E-state index >= 15 is 0 Å². The van der Waals surface area contributed by atoms with Gasteiger partial charge in [0.25, 0.3) is 0 Å². The van der Waals surface area contributed by atoms with E-state index in [9.17, 15) is 29.4 Å². The summed E-state index contributed by atoms with van der Waals surface area (Å²) >= 11 is 0. The first-order chi connectivity index (χ1) is 13.0. The van der Waals surface area contributed by atoms with Crippen molar-refractivity contribution in [3.8, 4) is 5.75 Å². The molecule has 0 spiro atoms. The molecule has 0 bridgehead atoms. The summed E-state index contributed by atoms with van der Waals surface area (Å²) in [5.74, 6) is -3.97. The van der Waals surface area contributed by atoms with Gasteiger partial charge in [0.05, 0.1) is 18.6 Å². The third-order valence-corrected chi connectivity index (χ3v) is 3.81. The molecular formula is C17H24N4O7. The second-order valence-electron chi connectivity index (χ2n) is 6.27. The molecule has 4 atom stereocenters. The number of nitrogens with two attached hydrogens (primary N) is 2. The summed E-state index contributed by atoms with van der Waals surface area (Å²) in [5.41, 5.74) is 11.1. The summed E-state index contributed by atoms with van der Waals surface area (Å²) < 4.78 is 0. The van der Waals surface area contributed by atoms with Crippen LogP contribution in [0.2, 0.25) is 0 Å². The highest BCUT2D eigenvalue weighted by atomic mass is 16.4. The monoisotopic (exact) mass is 396 g/mol. The lowest BCUT2D eigenvalue weighted by atomic mass is 10.0. The Morgan fingerprint density at radius 3 is 2.11 bits per heavy atom. The van der Waals surface area contributed by atoms with Crippen molar-refractivity contribution in [2.45, 2.75) is 44.0 Å². The zero-order valence-corrected chi connectivity index (χ0v) is 15.2. The molecule has 0 aliphatic carbocycles. The van der Waals surface area contributed by atoms with E-state index in [4.69, 9.17) is 16.6 Å². The van der Waals surface area contributed by atoms with E-state index in [0.717, 1.165) is 0 Å². The van der Waals surface area contributed by atoms with E-state index in [1.54, 1.807) is 0 Å². The number of phenols is 1. The number of carbonyl (C=O) groups excluding carboxylic acids is 3. The van der Waals surface area contributed by atoms with Gasteiger partial charge < -0.3 is 37.4 Å². The van der Waals surface area contributed by atoms with Crippen molar-refractivity contribution in [2.75, 3.05) is 0 Å². The van der Waals surface area contributed by atoms with Crippen molar-refractivity contribution in [3.05, 3.63) is 29.8 Å². The zero-order valence-electron chi connectivity index (χ0n) is 15.2. The number of rotatable bonds is 10. The second-order valence-corrected chi connectivity index (χ2v) is 6.27. The predicted octanol–water partition coefficient (Wildman–Crippen LogP) is -2.43. The number of benzene rings is 1. The maximum atomic E-state index is 12.5. The highest BCUT2D eigenvalue weighted by Gasteiger charge is 2.30. The van der Waals surface area contributed by atoms with Crippen LogP contribution in [0.5, 0.6) is 5.75 Å². The molecule has 0 saturated heterocycles. The second kappa shape index (κ2) is 10.2.